The van der Waals surface area contributed by atoms with Gasteiger partial charge in [-0.2, -0.15) is 9.65 Å². The minimum absolute atomic E-state index is 0.193. The molecule has 18 heavy (non-hydrogen) atoms. The van der Waals surface area contributed by atoms with Crippen molar-refractivity contribution in [1.29, 1.82) is 5.26 Å². The Morgan fingerprint density at radius 3 is 2.83 bits per heavy atom. The molecule has 0 bridgehead atoms. The van der Waals surface area contributed by atoms with Crippen molar-refractivity contribution in [2.24, 2.45) is 0 Å². The Morgan fingerprint density at radius 2 is 2.28 bits per heavy atom. The molecule has 0 radical (unpaired) electrons. The topological polar surface area (TPSA) is 70.2 Å². The Labute approximate surface area is 104 Å². The fourth-order valence-corrected chi connectivity index (χ4v) is 1.97. The third-order valence-corrected chi connectivity index (χ3v) is 2.91. The number of hydrogen-bond acceptors (Lipinski definition) is 4. The first-order valence-corrected chi connectivity index (χ1v) is 5.71. The second kappa shape index (κ2) is 5.00. The Bertz CT molecular complexity index is 509. The Morgan fingerprint density at radius 1 is 1.56 bits per heavy atom. The molecular formula is C12H12FN3O2. The van der Waals surface area contributed by atoms with Crippen LogP contribution in [0.1, 0.15) is 19.3 Å². The van der Waals surface area contributed by atoms with Crippen LogP contribution in [-0.2, 0) is 0 Å². The van der Waals surface area contributed by atoms with Crippen LogP contribution in [-0.4, -0.2) is 17.5 Å². The fraction of sp³-hybridized carbons (Fsp3) is 0.417. The van der Waals surface area contributed by atoms with Crippen LogP contribution >= 0.6 is 0 Å². The van der Waals surface area contributed by atoms with Gasteiger partial charge in [0, 0.05) is 12.6 Å². The van der Waals surface area contributed by atoms with Crippen LogP contribution in [0.15, 0.2) is 18.2 Å². The third-order valence-electron chi connectivity index (χ3n) is 2.91. The molecule has 2 rings (SSSR count). The van der Waals surface area contributed by atoms with Gasteiger partial charge in [0.2, 0.25) is 5.82 Å². The summed E-state index contributed by atoms with van der Waals surface area (Å²) in [5.74, 6) is -0.833. The van der Waals surface area contributed by atoms with E-state index in [-0.39, 0.29) is 18.2 Å². The number of benzene rings is 1. The average molecular weight is 249 g/mol. The molecule has 0 heterocycles. The SMILES string of the molecule is N#CCCN(c1cccc(F)c1[N+](=O)[O-])C1CC1. The summed E-state index contributed by atoms with van der Waals surface area (Å²) in [6.07, 6.45) is 2.13. The molecule has 0 atom stereocenters. The molecular weight excluding hydrogens is 237 g/mol. The second-order valence-electron chi connectivity index (χ2n) is 4.20. The van der Waals surface area contributed by atoms with E-state index < -0.39 is 16.4 Å². The van der Waals surface area contributed by atoms with Crippen molar-refractivity contribution in [3.63, 3.8) is 0 Å². The molecule has 6 heteroatoms. The van der Waals surface area contributed by atoms with Crippen LogP contribution in [0.4, 0.5) is 15.8 Å². The first kappa shape index (κ1) is 12.3. The molecule has 0 unspecified atom stereocenters. The van der Waals surface area contributed by atoms with Crippen molar-refractivity contribution >= 4 is 11.4 Å². The van der Waals surface area contributed by atoms with Gasteiger partial charge in [0.25, 0.3) is 0 Å². The molecule has 0 saturated heterocycles. The molecule has 5 nitrogen and oxygen atoms in total. The monoisotopic (exact) mass is 249 g/mol. The lowest BCUT2D eigenvalue weighted by molar-refractivity contribution is -0.386. The number of nitro benzene ring substituents is 1. The zero-order valence-electron chi connectivity index (χ0n) is 9.67. The summed E-state index contributed by atoms with van der Waals surface area (Å²) >= 11 is 0. The lowest BCUT2D eigenvalue weighted by Gasteiger charge is -2.23. The van der Waals surface area contributed by atoms with Gasteiger partial charge in [-0.25, -0.2) is 0 Å². The fourth-order valence-electron chi connectivity index (χ4n) is 1.97. The molecule has 0 N–H and O–H groups in total. The van der Waals surface area contributed by atoms with Crippen LogP contribution in [0.2, 0.25) is 0 Å². The van der Waals surface area contributed by atoms with E-state index in [1.165, 1.54) is 12.1 Å². The summed E-state index contributed by atoms with van der Waals surface area (Å²) in [5, 5.41) is 19.6. The standard InChI is InChI=1S/C12H12FN3O2/c13-10-3-1-4-11(12(10)16(17)18)15(8-2-7-14)9-5-6-9/h1,3-4,9H,2,5-6,8H2. The Hall–Kier alpha value is -2.16. The van der Waals surface area contributed by atoms with Gasteiger partial charge in [-0.1, -0.05) is 6.07 Å². The van der Waals surface area contributed by atoms with Crippen LogP contribution in [0.25, 0.3) is 0 Å². The molecule has 0 amide bonds. The summed E-state index contributed by atoms with van der Waals surface area (Å²) in [7, 11) is 0. The molecule has 1 aromatic carbocycles. The smallest absolute Gasteiger partial charge is 0.327 e. The molecule has 1 aliphatic rings. The van der Waals surface area contributed by atoms with E-state index >= 15 is 0 Å². The minimum atomic E-state index is -0.833. The summed E-state index contributed by atoms with van der Waals surface area (Å²) in [6, 6.07) is 6.28. The van der Waals surface area contributed by atoms with Crippen molar-refractivity contribution in [1.82, 2.24) is 0 Å². The van der Waals surface area contributed by atoms with E-state index in [0.717, 1.165) is 18.9 Å². The maximum atomic E-state index is 13.5. The summed E-state index contributed by atoms with van der Waals surface area (Å²) in [6.45, 7) is 0.394. The van der Waals surface area contributed by atoms with E-state index in [1.54, 1.807) is 4.90 Å². The third kappa shape index (κ3) is 2.40. The first-order valence-electron chi connectivity index (χ1n) is 5.71. The molecule has 94 valence electrons. The predicted molar refractivity (Wildman–Crippen MR) is 63.7 cm³/mol. The van der Waals surface area contributed by atoms with Crippen LogP contribution < -0.4 is 4.90 Å². The number of para-hydroxylation sites is 1. The van der Waals surface area contributed by atoms with Crippen molar-refractivity contribution < 1.29 is 9.31 Å². The van der Waals surface area contributed by atoms with Crippen LogP contribution in [0.5, 0.6) is 0 Å². The molecule has 0 aliphatic heterocycles. The van der Waals surface area contributed by atoms with Gasteiger partial charge in [-0.3, -0.25) is 10.1 Å². The highest BCUT2D eigenvalue weighted by Gasteiger charge is 2.34. The lowest BCUT2D eigenvalue weighted by Crippen LogP contribution is -2.27. The van der Waals surface area contributed by atoms with E-state index in [2.05, 4.69) is 0 Å². The predicted octanol–water partition coefficient (Wildman–Crippen LogP) is 2.62. The van der Waals surface area contributed by atoms with Crippen LogP contribution in [0, 0.1) is 27.3 Å². The van der Waals surface area contributed by atoms with E-state index in [4.69, 9.17) is 5.26 Å². The van der Waals surface area contributed by atoms with Crippen molar-refractivity contribution in [3.8, 4) is 6.07 Å². The van der Waals surface area contributed by atoms with Crippen molar-refractivity contribution in [3.05, 3.63) is 34.1 Å². The van der Waals surface area contributed by atoms with E-state index in [0.29, 0.717) is 6.54 Å². The van der Waals surface area contributed by atoms with Gasteiger partial charge < -0.3 is 4.90 Å². The summed E-state index contributed by atoms with van der Waals surface area (Å²) < 4.78 is 13.5. The number of halogens is 1. The largest absolute Gasteiger partial charge is 0.362 e. The molecule has 1 saturated carbocycles. The quantitative estimate of drug-likeness (QED) is 0.594. The maximum Gasteiger partial charge on any atom is 0.327 e. The minimum Gasteiger partial charge on any atom is -0.362 e. The first-order chi connectivity index (χ1) is 8.65. The van der Waals surface area contributed by atoms with Gasteiger partial charge in [0.15, 0.2) is 0 Å². The highest BCUT2D eigenvalue weighted by atomic mass is 19.1. The normalized spacial score (nSPS) is 14.0. The number of nitrogens with zero attached hydrogens (tertiary/aromatic N) is 3. The Kier molecular flexibility index (Phi) is 3.42. The zero-order valence-corrected chi connectivity index (χ0v) is 9.67. The average Bonchev–Trinajstić information content (AvgIpc) is 3.13. The summed E-state index contributed by atoms with van der Waals surface area (Å²) in [4.78, 5) is 12.0. The number of anilines is 1. The number of nitro groups is 1. The highest BCUT2D eigenvalue weighted by molar-refractivity contribution is 5.65. The molecule has 0 spiro atoms. The van der Waals surface area contributed by atoms with Gasteiger partial charge >= 0.3 is 5.69 Å². The van der Waals surface area contributed by atoms with Gasteiger partial charge in [-0.15, -0.1) is 0 Å². The molecule has 0 aromatic heterocycles. The number of rotatable bonds is 5. The number of nitriles is 1. The molecule has 1 aliphatic carbocycles. The van der Waals surface area contributed by atoms with Gasteiger partial charge in [0.1, 0.15) is 5.69 Å². The van der Waals surface area contributed by atoms with Gasteiger partial charge in [-0.05, 0) is 25.0 Å². The highest BCUT2D eigenvalue weighted by Crippen LogP contribution is 2.38. The summed E-state index contributed by atoms with van der Waals surface area (Å²) in [5.41, 5.74) is -0.222. The molecule has 1 aromatic rings. The van der Waals surface area contributed by atoms with Crippen molar-refractivity contribution in [2.75, 3.05) is 11.4 Å². The van der Waals surface area contributed by atoms with Crippen molar-refractivity contribution in [2.45, 2.75) is 25.3 Å². The number of hydrogen-bond donors (Lipinski definition) is 0. The zero-order chi connectivity index (χ0) is 13.1. The van der Waals surface area contributed by atoms with E-state index in [9.17, 15) is 14.5 Å². The Balaban J connectivity index is 2.38. The van der Waals surface area contributed by atoms with Gasteiger partial charge in [0.05, 0.1) is 17.4 Å². The molecule has 1 fully saturated rings. The van der Waals surface area contributed by atoms with Crippen LogP contribution in [0.3, 0.4) is 0 Å². The second-order valence-corrected chi connectivity index (χ2v) is 4.20. The lowest BCUT2D eigenvalue weighted by atomic mass is 10.2. The van der Waals surface area contributed by atoms with E-state index in [1.807, 2.05) is 6.07 Å². The maximum absolute atomic E-state index is 13.5.